The third kappa shape index (κ3) is 4.21. The Morgan fingerprint density at radius 1 is 1.23 bits per heavy atom. The summed E-state index contributed by atoms with van der Waals surface area (Å²) in [6.07, 6.45) is 2.15. The van der Waals surface area contributed by atoms with E-state index in [9.17, 15) is 5.11 Å². The number of hydrogen-bond acceptors (Lipinski definition) is 4. The molecule has 2 unspecified atom stereocenters. The van der Waals surface area contributed by atoms with Crippen molar-refractivity contribution < 1.29 is 5.11 Å². The van der Waals surface area contributed by atoms with Crippen molar-refractivity contribution in [3.8, 4) is 0 Å². The molecule has 0 aliphatic carbocycles. The van der Waals surface area contributed by atoms with Crippen LogP contribution in [0.5, 0.6) is 0 Å². The van der Waals surface area contributed by atoms with Crippen LogP contribution in [-0.4, -0.2) is 54.9 Å². The Labute approximate surface area is 137 Å². The average molecular weight is 324 g/mol. The summed E-state index contributed by atoms with van der Waals surface area (Å²) in [5.74, 6) is 0.362. The number of likely N-dealkylation sites (tertiary alicyclic amines) is 1. The van der Waals surface area contributed by atoms with Crippen molar-refractivity contribution in [1.29, 1.82) is 0 Å². The van der Waals surface area contributed by atoms with Gasteiger partial charge in [-0.2, -0.15) is 0 Å². The van der Waals surface area contributed by atoms with E-state index in [1.807, 2.05) is 12.1 Å². The zero-order valence-corrected chi connectivity index (χ0v) is 13.7. The SMILES string of the molecule is OC1CNCC1CNC1CCN(Cc2ccccc2Cl)CC1. The molecule has 2 atom stereocenters. The van der Waals surface area contributed by atoms with Crippen molar-refractivity contribution in [2.24, 2.45) is 5.92 Å². The highest BCUT2D eigenvalue weighted by Gasteiger charge is 2.26. The minimum absolute atomic E-state index is 0.187. The molecule has 1 aromatic rings. The summed E-state index contributed by atoms with van der Waals surface area (Å²) in [6.45, 7) is 5.74. The second kappa shape index (κ2) is 7.75. The Hall–Kier alpha value is -0.650. The number of piperidine rings is 1. The van der Waals surface area contributed by atoms with Gasteiger partial charge in [-0.3, -0.25) is 4.90 Å². The maximum atomic E-state index is 9.83. The first-order valence-corrected chi connectivity index (χ1v) is 8.68. The number of rotatable bonds is 5. The monoisotopic (exact) mass is 323 g/mol. The molecule has 1 aromatic carbocycles. The molecule has 0 spiro atoms. The molecule has 5 heteroatoms. The lowest BCUT2D eigenvalue weighted by Gasteiger charge is -2.33. The average Bonchev–Trinajstić information content (AvgIpc) is 2.94. The molecule has 0 bridgehead atoms. The van der Waals surface area contributed by atoms with Gasteiger partial charge in [-0.05, 0) is 37.6 Å². The van der Waals surface area contributed by atoms with Crippen molar-refractivity contribution in [2.75, 3.05) is 32.7 Å². The maximum Gasteiger partial charge on any atom is 0.0716 e. The Bertz CT molecular complexity index is 477. The summed E-state index contributed by atoms with van der Waals surface area (Å²) in [7, 11) is 0. The molecule has 2 aliphatic heterocycles. The Morgan fingerprint density at radius 3 is 2.68 bits per heavy atom. The van der Waals surface area contributed by atoms with Crippen LogP contribution in [0.25, 0.3) is 0 Å². The van der Waals surface area contributed by atoms with Gasteiger partial charge >= 0.3 is 0 Å². The quantitative estimate of drug-likeness (QED) is 0.768. The Kier molecular flexibility index (Phi) is 5.71. The van der Waals surface area contributed by atoms with Crippen molar-refractivity contribution in [1.82, 2.24) is 15.5 Å². The van der Waals surface area contributed by atoms with E-state index in [4.69, 9.17) is 11.6 Å². The molecule has 0 amide bonds. The summed E-state index contributed by atoms with van der Waals surface area (Å²) in [4.78, 5) is 2.48. The van der Waals surface area contributed by atoms with E-state index in [0.717, 1.165) is 44.3 Å². The van der Waals surface area contributed by atoms with Gasteiger partial charge in [0.05, 0.1) is 6.10 Å². The number of halogens is 1. The van der Waals surface area contributed by atoms with Crippen LogP contribution in [0.2, 0.25) is 5.02 Å². The number of hydrogen-bond donors (Lipinski definition) is 3. The molecule has 0 saturated carbocycles. The van der Waals surface area contributed by atoms with Gasteiger partial charge < -0.3 is 15.7 Å². The first-order valence-electron chi connectivity index (χ1n) is 8.30. The number of benzene rings is 1. The first-order chi connectivity index (χ1) is 10.7. The Balaban J connectivity index is 1.40. The third-order valence-electron chi connectivity index (χ3n) is 4.91. The van der Waals surface area contributed by atoms with E-state index >= 15 is 0 Å². The van der Waals surface area contributed by atoms with Crippen molar-refractivity contribution in [3.63, 3.8) is 0 Å². The number of β-amino-alcohol motifs (C(OH)–C–C–N with tert-alkyl or cyclic N) is 1. The molecule has 0 aromatic heterocycles. The number of aliphatic hydroxyl groups is 1. The molecular formula is C17H26ClN3O. The van der Waals surface area contributed by atoms with Gasteiger partial charge in [0, 0.05) is 43.2 Å². The molecule has 2 aliphatic rings. The molecule has 2 saturated heterocycles. The Morgan fingerprint density at radius 2 is 2.00 bits per heavy atom. The minimum Gasteiger partial charge on any atom is -0.391 e. The van der Waals surface area contributed by atoms with Crippen molar-refractivity contribution in [3.05, 3.63) is 34.9 Å². The lowest BCUT2D eigenvalue weighted by Crippen LogP contribution is -2.44. The van der Waals surface area contributed by atoms with Gasteiger partial charge in [-0.25, -0.2) is 0 Å². The number of nitrogens with one attached hydrogen (secondary N) is 2. The fourth-order valence-electron chi connectivity index (χ4n) is 3.41. The first kappa shape index (κ1) is 16.2. The highest BCUT2D eigenvalue weighted by Crippen LogP contribution is 2.20. The van der Waals surface area contributed by atoms with Crippen molar-refractivity contribution >= 4 is 11.6 Å². The van der Waals surface area contributed by atoms with Gasteiger partial charge in [-0.1, -0.05) is 29.8 Å². The van der Waals surface area contributed by atoms with Gasteiger partial charge in [0.15, 0.2) is 0 Å². The van der Waals surface area contributed by atoms with E-state index in [-0.39, 0.29) is 6.10 Å². The zero-order chi connectivity index (χ0) is 15.4. The van der Waals surface area contributed by atoms with Gasteiger partial charge in [0.25, 0.3) is 0 Å². The van der Waals surface area contributed by atoms with E-state index in [2.05, 4.69) is 27.7 Å². The fraction of sp³-hybridized carbons (Fsp3) is 0.647. The maximum absolute atomic E-state index is 9.83. The number of aliphatic hydroxyl groups excluding tert-OH is 1. The summed E-state index contributed by atoms with van der Waals surface area (Å²) >= 11 is 6.24. The van der Waals surface area contributed by atoms with Crippen LogP contribution in [-0.2, 0) is 6.54 Å². The van der Waals surface area contributed by atoms with Crippen LogP contribution >= 0.6 is 11.6 Å². The summed E-state index contributed by atoms with van der Waals surface area (Å²) in [6, 6.07) is 8.69. The predicted molar refractivity (Wildman–Crippen MR) is 90.1 cm³/mol. The second-order valence-electron chi connectivity index (χ2n) is 6.54. The van der Waals surface area contributed by atoms with Crippen molar-refractivity contribution in [2.45, 2.75) is 31.5 Å². The lowest BCUT2D eigenvalue weighted by atomic mass is 10.0. The van der Waals surface area contributed by atoms with E-state index in [1.54, 1.807) is 0 Å². The van der Waals surface area contributed by atoms with Crippen LogP contribution in [0.3, 0.4) is 0 Å². The van der Waals surface area contributed by atoms with Gasteiger partial charge in [0.1, 0.15) is 0 Å². The normalized spacial score (nSPS) is 27.4. The molecular weight excluding hydrogens is 298 g/mol. The zero-order valence-electron chi connectivity index (χ0n) is 13.0. The van der Waals surface area contributed by atoms with Crippen LogP contribution in [0.15, 0.2) is 24.3 Å². The largest absolute Gasteiger partial charge is 0.391 e. The number of nitrogens with zero attached hydrogens (tertiary/aromatic N) is 1. The summed E-state index contributed by atoms with van der Waals surface area (Å²) < 4.78 is 0. The standard InChI is InChI=1S/C17H26ClN3O/c18-16-4-2-1-3-13(16)12-21-7-5-15(6-8-21)20-10-14-9-19-11-17(14)22/h1-4,14-15,17,19-20,22H,5-12H2. The molecule has 22 heavy (non-hydrogen) atoms. The van der Waals surface area contributed by atoms with Gasteiger partial charge in [0.2, 0.25) is 0 Å². The van der Waals surface area contributed by atoms with E-state index in [0.29, 0.717) is 12.0 Å². The van der Waals surface area contributed by atoms with E-state index < -0.39 is 0 Å². The third-order valence-corrected chi connectivity index (χ3v) is 5.28. The molecule has 122 valence electrons. The van der Waals surface area contributed by atoms with Crippen LogP contribution in [0.4, 0.5) is 0 Å². The smallest absolute Gasteiger partial charge is 0.0716 e. The molecule has 2 heterocycles. The second-order valence-corrected chi connectivity index (χ2v) is 6.94. The molecule has 3 rings (SSSR count). The van der Waals surface area contributed by atoms with E-state index in [1.165, 1.54) is 18.4 Å². The summed E-state index contributed by atoms with van der Waals surface area (Å²) in [5.41, 5.74) is 1.22. The van der Waals surface area contributed by atoms with Crippen LogP contribution in [0.1, 0.15) is 18.4 Å². The minimum atomic E-state index is -0.187. The topological polar surface area (TPSA) is 47.5 Å². The summed E-state index contributed by atoms with van der Waals surface area (Å²) in [5, 5.41) is 17.6. The fourth-order valence-corrected chi connectivity index (χ4v) is 3.60. The molecule has 3 N–H and O–H groups in total. The van der Waals surface area contributed by atoms with Crippen LogP contribution in [0, 0.1) is 5.92 Å². The lowest BCUT2D eigenvalue weighted by molar-refractivity contribution is 0.137. The predicted octanol–water partition coefficient (Wildman–Crippen LogP) is 1.47. The molecule has 4 nitrogen and oxygen atoms in total. The van der Waals surface area contributed by atoms with Crippen LogP contribution < -0.4 is 10.6 Å². The molecule has 0 radical (unpaired) electrons. The highest BCUT2D eigenvalue weighted by molar-refractivity contribution is 6.31. The molecule has 2 fully saturated rings. The van der Waals surface area contributed by atoms with Gasteiger partial charge in [-0.15, -0.1) is 0 Å². The highest BCUT2D eigenvalue weighted by atomic mass is 35.5.